The monoisotopic (exact) mass is 288 g/mol. The van der Waals surface area contributed by atoms with E-state index in [1.165, 1.54) is 19.3 Å². The molecule has 3 rings (SSSR count). The van der Waals surface area contributed by atoms with Crippen LogP contribution in [0, 0.1) is 16.7 Å². The first kappa shape index (κ1) is 14.6. The third-order valence-electron chi connectivity index (χ3n) is 5.91. The summed E-state index contributed by atoms with van der Waals surface area (Å²) in [6.45, 7) is 9.38. The lowest BCUT2D eigenvalue weighted by Crippen LogP contribution is -2.46. The molecule has 116 valence electrons. The molecule has 0 spiro atoms. The second kappa shape index (κ2) is 4.85. The first-order chi connectivity index (χ1) is 9.89. The molecule has 1 aromatic heterocycles. The molecule has 0 aromatic carbocycles. The van der Waals surface area contributed by atoms with Crippen molar-refractivity contribution in [3.63, 3.8) is 0 Å². The number of aryl methyl sites for hydroxylation is 1. The van der Waals surface area contributed by atoms with Crippen molar-refractivity contribution in [2.45, 2.75) is 59.4 Å². The Morgan fingerprint density at radius 2 is 1.95 bits per heavy atom. The third kappa shape index (κ3) is 2.29. The minimum Gasteiger partial charge on any atom is -0.373 e. The zero-order chi connectivity index (χ0) is 15.3. The van der Waals surface area contributed by atoms with Crippen LogP contribution < -0.4 is 10.6 Å². The highest BCUT2D eigenvalue weighted by molar-refractivity contribution is 5.49. The lowest BCUT2D eigenvalue weighted by molar-refractivity contribution is 0.155. The van der Waals surface area contributed by atoms with Crippen molar-refractivity contribution in [3.8, 4) is 0 Å². The van der Waals surface area contributed by atoms with Crippen LogP contribution in [0.15, 0.2) is 6.07 Å². The van der Waals surface area contributed by atoms with Crippen molar-refractivity contribution in [3.05, 3.63) is 11.9 Å². The van der Waals surface area contributed by atoms with Gasteiger partial charge in [-0.25, -0.2) is 9.97 Å². The maximum Gasteiger partial charge on any atom is 0.132 e. The standard InChI is InChI=1S/C17H28N4/c1-6-12-19-13(18-5)9-14(20-12)21-15-16(2,3)11-7-8-17(15,4)10-11/h9,11,15H,6-8,10H2,1-5H3,(H2,18,19,20,21). The van der Waals surface area contributed by atoms with Gasteiger partial charge in [-0.15, -0.1) is 0 Å². The summed E-state index contributed by atoms with van der Waals surface area (Å²) in [7, 11) is 1.91. The van der Waals surface area contributed by atoms with E-state index < -0.39 is 0 Å². The van der Waals surface area contributed by atoms with Crippen LogP contribution in [0.2, 0.25) is 0 Å². The van der Waals surface area contributed by atoms with Gasteiger partial charge in [-0.05, 0) is 36.0 Å². The molecular weight excluding hydrogens is 260 g/mol. The number of nitrogens with one attached hydrogen (secondary N) is 2. The Bertz CT molecular complexity index is 513. The number of hydrogen-bond donors (Lipinski definition) is 2. The molecule has 1 heterocycles. The van der Waals surface area contributed by atoms with Gasteiger partial charge in [0.25, 0.3) is 0 Å². The normalized spacial score (nSPS) is 33.2. The molecule has 0 radical (unpaired) electrons. The quantitative estimate of drug-likeness (QED) is 0.887. The van der Waals surface area contributed by atoms with E-state index in [9.17, 15) is 0 Å². The molecule has 1 aromatic rings. The number of anilines is 2. The van der Waals surface area contributed by atoms with Gasteiger partial charge in [0, 0.05) is 25.6 Å². The highest BCUT2D eigenvalue weighted by Gasteiger charge is 2.59. The number of fused-ring (bicyclic) bond motifs is 2. The van der Waals surface area contributed by atoms with E-state index in [-0.39, 0.29) is 0 Å². The predicted molar refractivity (Wildman–Crippen MR) is 87.6 cm³/mol. The second-order valence-electron chi connectivity index (χ2n) is 7.65. The van der Waals surface area contributed by atoms with Gasteiger partial charge in [-0.3, -0.25) is 0 Å². The first-order valence-electron chi connectivity index (χ1n) is 8.21. The molecule has 0 amide bonds. The molecule has 2 aliphatic rings. The molecule has 2 aliphatic carbocycles. The molecule has 2 fully saturated rings. The van der Waals surface area contributed by atoms with Crippen molar-refractivity contribution in [1.82, 2.24) is 9.97 Å². The first-order valence-corrected chi connectivity index (χ1v) is 8.21. The number of nitrogens with zero attached hydrogens (tertiary/aromatic N) is 2. The molecule has 2 N–H and O–H groups in total. The van der Waals surface area contributed by atoms with Gasteiger partial charge >= 0.3 is 0 Å². The van der Waals surface area contributed by atoms with Crippen molar-refractivity contribution >= 4 is 11.6 Å². The van der Waals surface area contributed by atoms with Gasteiger partial charge in [-0.2, -0.15) is 0 Å². The van der Waals surface area contributed by atoms with Crippen LogP contribution in [-0.2, 0) is 6.42 Å². The van der Waals surface area contributed by atoms with E-state index in [0.29, 0.717) is 16.9 Å². The molecule has 3 unspecified atom stereocenters. The minimum atomic E-state index is 0.337. The number of aromatic nitrogens is 2. The lowest BCUT2D eigenvalue weighted by Gasteiger charge is -2.43. The van der Waals surface area contributed by atoms with Crippen molar-refractivity contribution < 1.29 is 0 Å². The Balaban J connectivity index is 1.89. The predicted octanol–water partition coefficient (Wildman–Crippen LogP) is 3.71. The van der Waals surface area contributed by atoms with Gasteiger partial charge in [-0.1, -0.05) is 27.7 Å². The summed E-state index contributed by atoms with van der Waals surface area (Å²) in [5.41, 5.74) is 0.745. The summed E-state index contributed by atoms with van der Waals surface area (Å²) in [6.07, 6.45) is 4.93. The summed E-state index contributed by atoms with van der Waals surface area (Å²) in [5, 5.41) is 6.90. The molecule has 2 saturated carbocycles. The molecular formula is C17H28N4. The van der Waals surface area contributed by atoms with Crippen molar-refractivity contribution in [1.29, 1.82) is 0 Å². The van der Waals surface area contributed by atoms with E-state index in [4.69, 9.17) is 0 Å². The van der Waals surface area contributed by atoms with Crippen LogP contribution in [-0.4, -0.2) is 23.1 Å². The zero-order valence-electron chi connectivity index (χ0n) is 14.0. The number of rotatable bonds is 4. The van der Waals surface area contributed by atoms with E-state index in [1.807, 2.05) is 13.1 Å². The Labute approximate surface area is 128 Å². The maximum absolute atomic E-state index is 4.68. The zero-order valence-corrected chi connectivity index (χ0v) is 14.0. The van der Waals surface area contributed by atoms with E-state index in [1.54, 1.807) is 0 Å². The Kier molecular flexibility index (Phi) is 3.38. The summed E-state index contributed by atoms with van der Waals surface area (Å²) >= 11 is 0. The van der Waals surface area contributed by atoms with Gasteiger partial charge in [0.2, 0.25) is 0 Å². The summed E-state index contributed by atoms with van der Waals surface area (Å²) < 4.78 is 0. The Morgan fingerprint density at radius 1 is 1.24 bits per heavy atom. The Hall–Kier alpha value is -1.32. The SMILES string of the molecule is CCc1nc(NC)cc(NC2C3(C)CCC(C3)C2(C)C)n1. The molecule has 3 atom stereocenters. The van der Waals surface area contributed by atoms with Crippen molar-refractivity contribution in [2.24, 2.45) is 16.7 Å². The molecule has 0 aliphatic heterocycles. The fourth-order valence-corrected chi connectivity index (χ4v) is 4.67. The molecule has 0 saturated heterocycles. The van der Waals surface area contributed by atoms with Crippen LogP contribution >= 0.6 is 0 Å². The maximum atomic E-state index is 4.68. The lowest BCUT2D eigenvalue weighted by atomic mass is 9.68. The summed E-state index contributed by atoms with van der Waals surface area (Å²) in [4.78, 5) is 9.17. The molecule has 4 heteroatoms. The van der Waals surface area contributed by atoms with Gasteiger partial charge in [0.15, 0.2) is 0 Å². The van der Waals surface area contributed by atoms with Crippen LogP contribution in [0.3, 0.4) is 0 Å². The summed E-state index contributed by atoms with van der Waals surface area (Å²) in [6, 6.07) is 2.53. The topological polar surface area (TPSA) is 49.8 Å². The van der Waals surface area contributed by atoms with Gasteiger partial charge in [0.1, 0.15) is 17.5 Å². The molecule has 4 nitrogen and oxygen atoms in total. The fraction of sp³-hybridized carbons (Fsp3) is 0.765. The van der Waals surface area contributed by atoms with E-state index in [0.717, 1.165) is 29.8 Å². The van der Waals surface area contributed by atoms with E-state index >= 15 is 0 Å². The average Bonchev–Trinajstić information content (AvgIpc) is 2.94. The molecule has 21 heavy (non-hydrogen) atoms. The second-order valence-corrected chi connectivity index (χ2v) is 7.65. The summed E-state index contributed by atoms with van der Waals surface area (Å²) in [5.74, 6) is 3.61. The number of hydrogen-bond acceptors (Lipinski definition) is 4. The van der Waals surface area contributed by atoms with Gasteiger partial charge < -0.3 is 10.6 Å². The Morgan fingerprint density at radius 3 is 2.52 bits per heavy atom. The van der Waals surface area contributed by atoms with Crippen LogP contribution in [0.5, 0.6) is 0 Å². The fourth-order valence-electron chi connectivity index (χ4n) is 4.67. The third-order valence-corrected chi connectivity index (χ3v) is 5.91. The van der Waals surface area contributed by atoms with E-state index in [2.05, 4.69) is 48.3 Å². The minimum absolute atomic E-state index is 0.337. The average molecular weight is 288 g/mol. The van der Waals surface area contributed by atoms with Crippen molar-refractivity contribution in [2.75, 3.05) is 17.7 Å². The van der Waals surface area contributed by atoms with Crippen LogP contribution in [0.4, 0.5) is 11.6 Å². The van der Waals surface area contributed by atoms with Crippen LogP contribution in [0.25, 0.3) is 0 Å². The van der Waals surface area contributed by atoms with Crippen LogP contribution in [0.1, 0.15) is 52.8 Å². The largest absolute Gasteiger partial charge is 0.373 e. The highest BCUT2D eigenvalue weighted by atomic mass is 15.1. The smallest absolute Gasteiger partial charge is 0.132 e. The van der Waals surface area contributed by atoms with Gasteiger partial charge in [0.05, 0.1) is 0 Å². The molecule has 2 bridgehead atoms. The highest BCUT2D eigenvalue weighted by Crippen LogP contribution is 2.63.